The van der Waals surface area contributed by atoms with Crippen LogP contribution in [0.1, 0.15) is 31.9 Å². The van der Waals surface area contributed by atoms with Crippen molar-refractivity contribution in [2.45, 2.75) is 32.5 Å². The van der Waals surface area contributed by atoms with E-state index in [1.54, 1.807) is 13.8 Å². The summed E-state index contributed by atoms with van der Waals surface area (Å²) in [5, 5.41) is 0. The molecule has 108 valence electrons. The minimum Gasteiger partial charge on any atom is -0.362 e. The molecule has 0 amide bonds. The number of nitrogens with zero attached hydrogens (tertiary/aromatic N) is 1. The van der Waals surface area contributed by atoms with E-state index in [1.165, 1.54) is 18.2 Å². The zero-order chi connectivity index (χ0) is 14.6. The Morgan fingerprint density at radius 3 is 2.42 bits per heavy atom. The lowest BCUT2D eigenvalue weighted by Gasteiger charge is -2.28. The van der Waals surface area contributed by atoms with Gasteiger partial charge in [0.1, 0.15) is 12.4 Å². The molecule has 2 nitrogen and oxygen atoms in total. The number of alkyl halides is 3. The second-order valence-electron chi connectivity index (χ2n) is 4.50. The summed E-state index contributed by atoms with van der Waals surface area (Å²) in [5.74, 6) is -0.573. The third-order valence-electron chi connectivity index (χ3n) is 2.69. The van der Waals surface area contributed by atoms with Crippen LogP contribution in [-0.2, 0) is 0 Å². The number of hydrogen-bond acceptors (Lipinski definition) is 2. The van der Waals surface area contributed by atoms with E-state index in [1.807, 2.05) is 0 Å². The van der Waals surface area contributed by atoms with Gasteiger partial charge in [0.15, 0.2) is 0 Å². The smallest absolute Gasteiger partial charge is 0.362 e. The Labute approximate surface area is 110 Å². The van der Waals surface area contributed by atoms with Crippen LogP contribution in [0.2, 0.25) is 0 Å². The fourth-order valence-electron chi connectivity index (χ4n) is 2.02. The third-order valence-corrected chi connectivity index (χ3v) is 2.69. The standard InChI is InChI=1S/C13H18F4N2/c1-3-7-19(8-13(15,16)17)11-6-4-5-10(14)12(11)9(2)18/h4-6,9H,3,7-8,18H2,1-2H3. The van der Waals surface area contributed by atoms with Crippen LogP contribution in [0.5, 0.6) is 0 Å². The highest BCUT2D eigenvalue weighted by molar-refractivity contribution is 5.55. The predicted molar refractivity (Wildman–Crippen MR) is 67.6 cm³/mol. The first-order valence-corrected chi connectivity index (χ1v) is 6.12. The van der Waals surface area contributed by atoms with Gasteiger partial charge in [0.25, 0.3) is 0 Å². The Morgan fingerprint density at radius 1 is 1.32 bits per heavy atom. The molecule has 2 N–H and O–H groups in total. The van der Waals surface area contributed by atoms with Crippen LogP contribution in [0.25, 0.3) is 0 Å². The molecule has 0 aliphatic rings. The largest absolute Gasteiger partial charge is 0.405 e. The van der Waals surface area contributed by atoms with Gasteiger partial charge in [-0.1, -0.05) is 13.0 Å². The summed E-state index contributed by atoms with van der Waals surface area (Å²) in [7, 11) is 0. The zero-order valence-electron chi connectivity index (χ0n) is 11.0. The molecule has 1 rings (SSSR count). The van der Waals surface area contributed by atoms with Crippen molar-refractivity contribution in [3.05, 3.63) is 29.6 Å². The number of halogens is 4. The van der Waals surface area contributed by atoms with Crippen molar-refractivity contribution in [2.24, 2.45) is 5.73 Å². The van der Waals surface area contributed by atoms with Gasteiger partial charge in [0, 0.05) is 23.8 Å². The maximum atomic E-state index is 13.7. The van der Waals surface area contributed by atoms with Gasteiger partial charge in [0.05, 0.1) is 0 Å². The van der Waals surface area contributed by atoms with Gasteiger partial charge >= 0.3 is 6.18 Å². The summed E-state index contributed by atoms with van der Waals surface area (Å²) in [4.78, 5) is 1.13. The molecule has 0 saturated heterocycles. The molecule has 0 aliphatic carbocycles. The Hall–Kier alpha value is -1.30. The maximum Gasteiger partial charge on any atom is 0.405 e. The van der Waals surface area contributed by atoms with Crippen LogP contribution in [0.3, 0.4) is 0 Å². The lowest BCUT2D eigenvalue weighted by Crippen LogP contribution is -2.36. The SMILES string of the molecule is CCCN(CC(F)(F)F)c1cccc(F)c1C(C)N. The van der Waals surface area contributed by atoms with Gasteiger partial charge < -0.3 is 10.6 Å². The predicted octanol–water partition coefficient (Wildman–Crippen LogP) is 3.62. The summed E-state index contributed by atoms with van der Waals surface area (Å²) >= 11 is 0. The second kappa shape index (κ2) is 6.23. The van der Waals surface area contributed by atoms with Crippen LogP contribution in [-0.4, -0.2) is 19.3 Å². The third kappa shape index (κ3) is 4.38. The Bertz CT molecular complexity index is 416. The molecule has 6 heteroatoms. The second-order valence-corrected chi connectivity index (χ2v) is 4.50. The van der Waals surface area contributed by atoms with E-state index in [0.717, 1.165) is 4.90 Å². The molecule has 0 radical (unpaired) electrons. The fourth-order valence-corrected chi connectivity index (χ4v) is 2.02. The number of hydrogen-bond donors (Lipinski definition) is 1. The highest BCUT2D eigenvalue weighted by Gasteiger charge is 2.32. The Morgan fingerprint density at radius 2 is 1.95 bits per heavy atom. The van der Waals surface area contributed by atoms with Crippen molar-refractivity contribution >= 4 is 5.69 Å². The molecule has 19 heavy (non-hydrogen) atoms. The minimum atomic E-state index is -4.34. The van der Waals surface area contributed by atoms with E-state index in [-0.39, 0.29) is 17.8 Å². The van der Waals surface area contributed by atoms with E-state index in [9.17, 15) is 17.6 Å². The van der Waals surface area contributed by atoms with Crippen molar-refractivity contribution in [3.8, 4) is 0 Å². The number of nitrogens with two attached hydrogens (primary N) is 1. The average molecular weight is 278 g/mol. The first-order valence-electron chi connectivity index (χ1n) is 6.12. The quantitative estimate of drug-likeness (QED) is 0.833. The van der Waals surface area contributed by atoms with E-state index in [2.05, 4.69) is 0 Å². The maximum absolute atomic E-state index is 13.7. The molecular weight excluding hydrogens is 260 g/mol. The van der Waals surface area contributed by atoms with E-state index in [0.29, 0.717) is 6.42 Å². The van der Waals surface area contributed by atoms with Crippen molar-refractivity contribution < 1.29 is 17.6 Å². The highest BCUT2D eigenvalue weighted by Crippen LogP contribution is 2.30. The van der Waals surface area contributed by atoms with Crippen LogP contribution in [0, 0.1) is 5.82 Å². The average Bonchev–Trinajstić information content (AvgIpc) is 2.25. The molecule has 1 unspecified atom stereocenters. The van der Waals surface area contributed by atoms with E-state index >= 15 is 0 Å². The van der Waals surface area contributed by atoms with Gasteiger partial charge in [-0.05, 0) is 25.5 Å². The van der Waals surface area contributed by atoms with Gasteiger partial charge in [-0.3, -0.25) is 0 Å². The number of benzene rings is 1. The first-order chi connectivity index (χ1) is 8.76. The van der Waals surface area contributed by atoms with Gasteiger partial charge in [-0.15, -0.1) is 0 Å². The molecular formula is C13H18F4N2. The summed E-state index contributed by atoms with van der Waals surface area (Å²) in [6.07, 6.45) is -3.80. The highest BCUT2D eigenvalue weighted by atomic mass is 19.4. The van der Waals surface area contributed by atoms with Crippen molar-refractivity contribution in [3.63, 3.8) is 0 Å². The molecule has 0 spiro atoms. The number of anilines is 1. The summed E-state index contributed by atoms with van der Waals surface area (Å²) < 4.78 is 51.5. The molecule has 0 bridgehead atoms. The molecule has 1 aromatic carbocycles. The minimum absolute atomic E-state index is 0.125. The topological polar surface area (TPSA) is 29.3 Å². The van der Waals surface area contributed by atoms with E-state index in [4.69, 9.17) is 5.73 Å². The van der Waals surface area contributed by atoms with Gasteiger partial charge in [-0.25, -0.2) is 4.39 Å². The Balaban J connectivity index is 3.18. The van der Waals surface area contributed by atoms with Gasteiger partial charge in [-0.2, -0.15) is 13.2 Å². The van der Waals surface area contributed by atoms with E-state index < -0.39 is 24.6 Å². The van der Waals surface area contributed by atoms with Crippen LogP contribution in [0.15, 0.2) is 18.2 Å². The number of rotatable bonds is 5. The monoisotopic (exact) mass is 278 g/mol. The molecule has 1 atom stereocenters. The molecule has 0 heterocycles. The van der Waals surface area contributed by atoms with Crippen LogP contribution < -0.4 is 10.6 Å². The normalized spacial score (nSPS) is 13.4. The summed E-state index contributed by atoms with van der Waals surface area (Å²) in [6, 6.07) is 3.42. The Kier molecular flexibility index (Phi) is 5.17. The lowest BCUT2D eigenvalue weighted by atomic mass is 10.0. The van der Waals surface area contributed by atoms with Crippen LogP contribution >= 0.6 is 0 Å². The van der Waals surface area contributed by atoms with Crippen molar-refractivity contribution in [1.29, 1.82) is 0 Å². The zero-order valence-corrected chi connectivity index (χ0v) is 11.0. The molecule has 0 aromatic heterocycles. The molecule has 1 aromatic rings. The van der Waals surface area contributed by atoms with Crippen molar-refractivity contribution in [2.75, 3.05) is 18.0 Å². The van der Waals surface area contributed by atoms with Crippen molar-refractivity contribution in [1.82, 2.24) is 0 Å². The summed E-state index contributed by atoms with van der Waals surface area (Å²) in [5.41, 5.74) is 6.01. The van der Waals surface area contributed by atoms with Gasteiger partial charge in [0.2, 0.25) is 0 Å². The lowest BCUT2D eigenvalue weighted by molar-refractivity contribution is -0.119. The first kappa shape index (κ1) is 15.8. The van der Waals surface area contributed by atoms with Crippen LogP contribution in [0.4, 0.5) is 23.2 Å². The summed E-state index contributed by atoms with van der Waals surface area (Å²) in [6.45, 7) is 2.42. The molecule has 0 fully saturated rings. The molecule has 0 aliphatic heterocycles. The fraction of sp³-hybridized carbons (Fsp3) is 0.538. The molecule has 0 saturated carbocycles.